The Morgan fingerprint density at radius 3 is 1.06 bits per heavy atom. The highest BCUT2D eigenvalue weighted by Crippen LogP contribution is 2.64. The average molecular weight is 645 g/mol. The van der Waals surface area contributed by atoms with Crippen LogP contribution in [0.1, 0.15) is 149 Å². The van der Waals surface area contributed by atoms with Crippen molar-refractivity contribution in [2.45, 2.75) is 63.2 Å². The SMILES string of the molecule is CCCCOC(=O)c1ccc2c(c1)[C@@H]1c3ccc(C(=O)O)cc3[C@H]2[C@H]2c3ccc(C(=O)O)cc3[C@@H]1c1ccc(C(=O)OCCCC)cc12. The lowest BCUT2D eigenvalue weighted by molar-refractivity contribution is 0.0490. The molecule has 0 spiro atoms. The fourth-order valence-corrected chi connectivity index (χ4v) is 7.92. The molecule has 8 heteroatoms. The Labute approximate surface area is 278 Å². The van der Waals surface area contributed by atoms with E-state index in [0.29, 0.717) is 24.3 Å². The third kappa shape index (κ3) is 5.07. The summed E-state index contributed by atoms with van der Waals surface area (Å²) in [6.07, 6.45) is 3.32. The van der Waals surface area contributed by atoms with Gasteiger partial charge in [-0.25, -0.2) is 19.2 Å². The number of carboxylic acids is 2. The first-order chi connectivity index (χ1) is 23.2. The van der Waals surface area contributed by atoms with E-state index in [9.17, 15) is 29.4 Å². The van der Waals surface area contributed by atoms with Crippen molar-refractivity contribution >= 4 is 23.9 Å². The Morgan fingerprint density at radius 1 is 0.479 bits per heavy atom. The predicted molar refractivity (Wildman–Crippen MR) is 177 cm³/mol. The first-order valence-corrected chi connectivity index (χ1v) is 16.6. The molecule has 2 N–H and O–H groups in total. The third-order valence-electron chi connectivity index (χ3n) is 10.1. The number of unbranched alkanes of at least 4 members (excludes halogenated alkanes) is 2. The third-order valence-corrected chi connectivity index (χ3v) is 10.1. The zero-order chi connectivity index (χ0) is 33.7. The Morgan fingerprint density at radius 2 is 0.771 bits per heavy atom. The summed E-state index contributed by atoms with van der Waals surface area (Å²) in [5.41, 5.74) is 8.59. The van der Waals surface area contributed by atoms with E-state index in [1.165, 1.54) is 0 Å². The fraction of sp³-hybridized carbons (Fsp3) is 0.300. The Hall–Kier alpha value is -5.24. The highest BCUT2D eigenvalue weighted by atomic mass is 16.5. The summed E-state index contributed by atoms with van der Waals surface area (Å²) in [4.78, 5) is 50.9. The highest BCUT2D eigenvalue weighted by Gasteiger charge is 2.50. The molecule has 244 valence electrons. The minimum Gasteiger partial charge on any atom is -0.478 e. The monoisotopic (exact) mass is 644 g/mol. The second-order valence-corrected chi connectivity index (χ2v) is 12.9. The van der Waals surface area contributed by atoms with E-state index >= 15 is 0 Å². The maximum Gasteiger partial charge on any atom is 0.338 e. The topological polar surface area (TPSA) is 127 Å². The van der Waals surface area contributed by atoms with Gasteiger partial charge in [0, 0.05) is 23.7 Å². The van der Waals surface area contributed by atoms with Crippen molar-refractivity contribution in [2.75, 3.05) is 13.2 Å². The zero-order valence-electron chi connectivity index (χ0n) is 26.8. The summed E-state index contributed by atoms with van der Waals surface area (Å²) in [5.74, 6) is -4.43. The van der Waals surface area contributed by atoms with E-state index in [1.807, 2.05) is 50.2 Å². The number of rotatable bonds is 10. The van der Waals surface area contributed by atoms with E-state index < -0.39 is 35.7 Å². The molecule has 4 aromatic rings. The molecule has 0 unspecified atom stereocenters. The molecular formula is C40H36O8. The van der Waals surface area contributed by atoms with Gasteiger partial charge in [0.1, 0.15) is 0 Å². The molecule has 48 heavy (non-hydrogen) atoms. The minimum atomic E-state index is -1.03. The van der Waals surface area contributed by atoms with Crippen LogP contribution < -0.4 is 0 Å². The van der Waals surface area contributed by atoms with Crippen LogP contribution in [-0.2, 0) is 9.47 Å². The summed E-state index contributed by atoms with van der Waals surface area (Å²) in [7, 11) is 0. The molecule has 0 saturated heterocycles. The van der Waals surface area contributed by atoms with E-state index in [-0.39, 0.29) is 23.0 Å². The van der Waals surface area contributed by atoms with Crippen LogP contribution in [0.4, 0.5) is 0 Å². The van der Waals surface area contributed by atoms with Crippen LogP contribution in [-0.4, -0.2) is 47.3 Å². The van der Waals surface area contributed by atoms with Gasteiger partial charge in [0.25, 0.3) is 0 Å². The molecule has 0 heterocycles. The molecule has 4 atom stereocenters. The summed E-state index contributed by atoms with van der Waals surface area (Å²) in [6, 6.07) is 21.7. The number of benzene rings is 4. The van der Waals surface area contributed by atoms with Gasteiger partial charge in [0.2, 0.25) is 0 Å². The fourth-order valence-electron chi connectivity index (χ4n) is 7.92. The van der Waals surface area contributed by atoms with Gasteiger partial charge in [-0.2, -0.15) is 0 Å². The first-order valence-electron chi connectivity index (χ1n) is 16.6. The van der Waals surface area contributed by atoms with E-state index in [2.05, 4.69) is 0 Å². The number of esters is 2. The maximum absolute atomic E-state index is 13.2. The summed E-state index contributed by atoms with van der Waals surface area (Å²) in [5, 5.41) is 20.0. The number of carboxylic acid groups (broad SMARTS) is 2. The smallest absolute Gasteiger partial charge is 0.338 e. The number of carbonyl (C=O) groups is 4. The van der Waals surface area contributed by atoms with E-state index in [0.717, 1.165) is 70.2 Å². The summed E-state index contributed by atoms with van der Waals surface area (Å²) >= 11 is 0. The molecule has 0 saturated carbocycles. The highest BCUT2D eigenvalue weighted by molar-refractivity contribution is 5.92. The predicted octanol–water partition coefficient (Wildman–Crippen LogP) is 7.87. The average Bonchev–Trinajstić information content (AvgIpc) is 3.08. The van der Waals surface area contributed by atoms with Crippen LogP contribution in [0.5, 0.6) is 0 Å². The van der Waals surface area contributed by atoms with Crippen molar-refractivity contribution in [3.05, 3.63) is 140 Å². The van der Waals surface area contributed by atoms with Gasteiger partial charge in [0.15, 0.2) is 0 Å². The quantitative estimate of drug-likeness (QED) is 0.132. The number of carbonyl (C=O) groups excluding carboxylic acids is 2. The molecule has 4 bridgehead atoms. The van der Waals surface area contributed by atoms with Gasteiger partial charge in [0.05, 0.1) is 35.5 Å². The lowest BCUT2D eigenvalue weighted by Crippen LogP contribution is -2.36. The molecule has 4 aromatic carbocycles. The van der Waals surface area contributed by atoms with Crippen LogP contribution in [0.2, 0.25) is 0 Å². The molecule has 0 radical (unpaired) electrons. The van der Waals surface area contributed by atoms with Gasteiger partial charge < -0.3 is 19.7 Å². The van der Waals surface area contributed by atoms with Crippen LogP contribution >= 0.6 is 0 Å². The number of hydrogen-bond donors (Lipinski definition) is 2. The number of hydrogen-bond acceptors (Lipinski definition) is 6. The lowest BCUT2D eigenvalue weighted by Gasteiger charge is -2.50. The molecule has 0 amide bonds. The molecule has 0 fully saturated rings. The number of ether oxygens (including phenoxy) is 2. The molecule has 0 aliphatic heterocycles. The van der Waals surface area contributed by atoms with Crippen molar-refractivity contribution in [3.8, 4) is 0 Å². The van der Waals surface area contributed by atoms with Crippen LogP contribution in [0.15, 0.2) is 72.8 Å². The molecule has 8 nitrogen and oxygen atoms in total. The molecular weight excluding hydrogens is 608 g/mol. The van der Waals surface area contributed by atoms with Gasteiger partial charge in [-0.3, -0.25) is 0 Å². The first kappa shape index (κ1) is 31.4. The Balaban J connectivity index is 1.48. The van der Waals surface area contributed by atoms with Gasteiger partial charge in [-0.05, 0) is 106 Å². The molecule has 10 rings (SSSR count). The van der Waals surface area contributed by atoms with Crippen molar-refractivity contribution in [2.24, 2.45) is 0 Å². The van der Waals surface area contributed by atoms with Crippen molar-refractivity contribution in [1.82, 2.24) is 0 Å². The molecule has 6 aliphatic carbocycles. The normalized spacial score (nSPS) is 19.2. The maximum atomic E-state index is 13.2. The Bertz CT molecular complexity index is 1850. The molecule has 6 aliphatic rings. The summed E-state index contributed by atoms with van der Waals surface area (Å²) in [6.45, 7) is 4.71. The van der Waals surface area contributed by atoms with Crippen molar-refractivity contribution < 1.29 is 38.9 Å². The standard InChI is InChI=1S/C40H36O8/c1-3-5-15-47-39(45)23-9-13-27-31(19-23)35-25-11-7-21(37(41)42)17-29(25)33(27)36-26-12-8-22(38(43)44)18-30(26)34(35)28-14-10-24(20-32(28)36)40(46)48-16-6-4-2/h7-14,17-20,33-36H,3-6,15-16H2,1-2H3,(H,41,42)(H,43,44)/t33-,34-,35-,36-/m0/s1. The van der Waals surface area contributed by atoms with E-state index in [4.69, 9.17) is 9.47 Å². The minimum absolute atomic E-state index is 0.170. The molecule has 0 aromatic heterocycles. The summed E-state index contributed by atoms with van der Waals surface area (Å²) < 4.78 is 11.2. The Kier molecular flexibility index (Phi) is 8.11. The van der Waals surface area contributed by atoms with Crippen LogP contribution in [0, 0.1) is 0 Å². The van der Waals surface area contributed by atoms with Crippen LogP contribution in [0.25, 0.3) is 0 Å². The second kappa shape index (κ2) is 12.4. The van der Waals surface area contributed by atoms with Crippen molar-refractivity contribution in [1.29, 1.82) is 0 Å². The van der Waals surface area contributed by atoms with Gasteiger partial charge >= 0.3 is 23.9 Å². The van der Waals surface area contributed by atoms with Crippen molar-refractivity contribution in [3.63, 3.8) is 0 Å². The van der Waals surface area contributed by atoms with Gasteiger partial charge in [-0.15, -0.1) is 0 Å². The van der Waals surface area contributed by atoms with E-state index in [1.54, 1.807) is 36.4 Å². The van der Waals surface area contributed by atoms with Gasteiger partial charge in [-0.1, -0.05) is 51.0 Å². The second-order valence-electron chi connectivity index (χ2n) is 12.9. The largest absolute Gasteiger partial charge is 0.478 e. The zero-order valence-corrected chi connectivity index (χ0v) is 26.8. The number of aromatic carboxylic acids is 2. The lowest BCUT2D eigenvalue weighted by atomic mass is 9.52. The van der Waals surface area contributed by atoms with Crippen LogP contribution in [0.3, 0.4) is 0 Å².